The standard InChI is InChI=1S/C21H20F3N5O/c1-29(2)19(30)15-8-10-16(11-9-15)27-20-26-13-17(21(22,23)24)18(28-20)25-12-14-6-4-3-5-7-14/h3-11,13H,12H2,1-2H3,(H2,25,26,27,28). The fraction of sp³-hybridized carbons (Fsp3) is 0.190. The highest BCUT2D eigenvalue weighted by Crippen LogP contribution is 2.34. The van der Waals surface area contributed by atoms with E-state index in [9.17, 15) is 18.0 Å². The molecule has 2 aromatic carbocycles. The van der Waals surface area contributed by atoms with Crippen LogP contribution >= 0.6 is 0 Å². The number of hydrogen-bond acceptors (Lipinski definition) is 5. The van der Waals surface area contributed by atoms with Crippen molar-refractivity contribution in [2.45, 2.75) is 12.7 Å². The Bertz CT molecular complexity index is 1010. The molecule has 0 saturated carbocycles. The molecule has 2 N–H and O–H groups in total. The van der Waals surface area contributed by atoms with Crippen LogP contribution in [0.3, 0.4) is 0 Å². The number of nitrogens with one attached hydrogen (secondary N) is 2. The summed E-state index contributed by atoms with van der Waals surface area (Å²) in [6.07, 6.45) is -3.85. The number of aromatic nitrogens is 2. The van der Waals surface area contributed by atoms with Crippen molar-refractivity contribution in [1.29, 1.82) is 0 Å². The van der Waals surface area contributed by atoms with Crippen LogP contribution in [0.2, 0.25) is 0 Å². The number of alkyl halides is 3. The molecule has 0 fully saturated rings. The third-order valence-electron chi connectivity index (χ3n) is 4.19. The highest BCUT2D eigenvalue weighted by molar-refractivity contribution is 5.94. The van der Waals surface area contributed by atoms with E-state index in [0.29, 0.717) is 11.3 Å². The lowest BCUT2D eigenvalue weighted by Gasteiger charge is -2.15. The molecule has 0 spiro atoms. The molecule has 0 aliphatic carbocycles. The van der Waals surface area contributed by atoms with Crippen LogP contribution in [0.1, 0.15) is 21.5 Å². The van der Waals surface area contributed by atoms with E-state index >= 15 is 0 Å². The first-order valence-electron chi connectivity index (χ1n) is 9.05. The van der Waals surface area contributed by atoms with Gasteiger partial charge >= 0.3 is 6.18 Å². The van der Waals surface area contributed by atoms with Crippen LogP contribution in [-0.4, -0.2) is 34.9 Å². The normalized spacial score (nSPS) is 11.1. The van der Waals surface area contributed by atoms with Gasteiger partial charge < -0.3 is 15.5 Å². The number of carbonyl (C=O) groups is 1. The highest BCUT2D eigenvalue weighted by atomic mass is 19.4. The summed E-state index contributed by atoms with van der Waals surface area (Å²) in [5.74, 6) is -0.465. The predicted molar refractivity (Wildman–Crippen MR) is 109 cm³/mol. The van der Waals surface area contributed by atoms with Crippen LogP contribution in [0.4, 0.5) is 30.6 Å². The fourth-order valence-electron chi connectivity index (χ4n) is 2.65. The van der Waals surface area contributed by atoms with Gasteiger partial charge in [0.1, 0.15) is 11.4 Å². The quantitative estimate of drug-likeness (QED) is 0.618. The Hall–Kier alpha value is -3.62. The lowest BCUT2D eigenvalue weighted by atomic mass is 10.2. The summed E-state index contributed by atoms with van der Waals surface area (Å²) in [4.78, 5) is 21.2. The molecule has 1 heterocycles. The van der Waals surface area contributed by atoms with Crippen LogP contribution in [0.5, 0.6) is 0 Å². The molecular weight excluding hydrogens is 395 g/mol. The largest absolute Gasteiger partial charge is 0.421 e. The maximum Gasteiger partial charge on any atom is 0.421 e. The third kappa shape index (κ3) is 5.25. The summed E-state index contributed by atoms with van der Waals surface area (Å²) in [5, 5.41) is 5.60. The second kappa shape index (κ2) is 8.81. The van der Waals surface area contributed by atoms with Gasteiger partial charge in [-0.3, -0.25) is 4.79 Å². The molecule has 3 aromatic rings. The van der Waals surface area contributed by atoms with Gasteiger partial charge in [0.25, 0.3) is 5.91 Å². The van der Waals surface area contributed by atoms with E-state index in [1.165, 1.54) is 4.90 Å². The molecule has 0 saturated heterocycles. The van der Waals surface area contributed by atoms with Crippen molar-refractivity contribution < 1.29 is 18.0 Å². The van der Waals surface area contributed by atoms with Crippen molar-refractivity contribution in [3.8, 4) is 0 Å². The van der Waals surface area contributed by atoms with E-state index in [-0.39, 0.29) is 24.2 Å². The van der Waals surface area contributed by atoms with Crippen LogP contribution in [0.15, 0.2) is 60.8 Å². The molecule has 0 aliphatic heterocycles. The van der Waals surface area contributed by atoms with Gasteiger partial charge in [-0.25, -0.2) is 4.98 Å². The van der Waals surface area contributed by atoms with Gasteiger partial charge in [0.15, 0.2) is 0 Å². The average molecular weight is 415 g/mol. The van der Waals surface area contributed by atoms with Gasteiger partial charge in [0, 0.05) is 38.1 Å². The number of rotatable bonds is 6. The lowest BCUT2D eigenvalue weighted by Crippen LogP contribution is -2.21. The maximum atomic E-state index is 13.3. The zero-order valence-corrected chi connectivity index (χ0v) is 16.4. The molecule has 6 nitrogen and oxygen atoms in total. The lowest BCUT2D eigenvalue weighted by molar-refractivity contribution is -0.137. The average Bonchev–Trinajstić information content (AvgIpc) is 2.72. The number of benzene rings is 2. The van der Waals surface area contributed by atoms with Crippen LogP contribution in [-0.2, 0) is 12.7 Å². The fourth-order valence-corrected chi connectivity index (χ4v) is 2.65. The molecule has 30 heavy (non-hydrogen) atoms. The summed E-state index contributed by atoms with van der Waals surface area (Å²) in [6.45, 7) is 0.182. The minimum absolute atomic E-state index is 0.00486. The third-order valence-corrected chi connectivity index (χ3v) is 4.19. The van der Waals surface area contributed by atoms with Gasteiger partial charge in [-0.2, -0.15) is 18.2 Å². The molecular formula is C21H20F3N5O. The molecule has 1 aromatic heterocycles. The van der Waals surface area contributed by atoms with E-state index < -0.39 is 11.7 Å². The van der Waals surface area contributed by atoms with E-state index in [4.69, 9.17) is 0 Å². The smallest absolute Gasteiger partial charge is 0.365 e. The van der Waals surface area contributed by atoms with Gasteiger partial charge in [-0.15, -0.1) is 0 Å². The summed E-state index contributed by atoms with van der Waals surface area (Å²) >= 11 is 0. The number of halogens is 3. The summed E-state index contributed by atoms with van der Waals surface area (Å²) in [6, 6.07) is 15.5. The summed E-state index contributed by atoms with van der Waals surface area (Å²) in [5.41, 5.74) is 0.902. The Balaban J connectivity index is 1.80. The van der Waals surface area contributed by atoms with E-state index in [2.05, 4.69) is 20.6 Å². The monoisotopic (exact) mass is 415 g/mol. The van der Waals surface area contributed by atoms with Gasteiger partial charge in [0.2, 0.25) is 5.95 Å². The Labute approximate surface area is 171 Å². The molecule has 0 aliphatic rings. The Morgan fingerprint density at radius 2 is 1.70 bits per heavy atom. The van der Waals surface area contributed by atoms with Crippen molar-refractivity contribution in [2.24, 2.45) is 0 Å². The van der Waals surface area contributed by atoms with Gasteiger partial charge in [-0.05, 0) is 29.8 Å². The van der Waals surface area contributed by atoms with Gasteiger partial charge in [0.05, 0.1) is 0 Å². The first-order valence-corrected chi connectivity index (χ1v) is 9.05. The van der Waals surface area contributed by atoms with E-state index in [1.807, 2.05) is 6.07 Å². The zero-order valence-electron chi connectivity index (χ0n) is 16.4. The minimum atomic E-state index is -4.59. The maximum absolute atomic E-state index is 13.3. The molecule has 9 heteroatoms. The van der Waals surface area contributed by atoms with E-state index in [1.54, 1.807) is 62.6 Å². The molecule has 0 bridgehead atoms. The summed E-state index contributed by atoms with van der Waals surface area (Å²) in [7, 11) is 3.29. The molecule has 1 amide bonds. The molecule has 0 radical (unpaired) electrons. The van der Waals surface area contributed by atoms with Crippen molar-refractivity contribution in [3.63, 3.8) is 0 Å². The molecule has 156 valence electrons. The molecule has 0 unspecified atom stereocenters. The first-order chi connectivity index (χ1) is 14.2. The zero-order chi connectivity index (χ0) is 21.7. The van der Waals surface area contributed by atoms with Crippen molar-refractivity contribution in [2.75, 3.05) is 24.7 Å². The Morgan fingerprint density at radius 3 is 2.30 bits per heavy atom. The second-order valence-corrected chi connectivity index (χ2v) is 6.69. The van der Waals surface area contributed by atoms with Crippen molar-refractivity contribution in [1.82, 2.24) is 14.9 Å². The molecule has 3 rings (SSSR count). The number of amides is 1. The number of anilines is 3. The second-order valence-electron chi connectivity index (χ2n) is 6.69. The summed E-state index contributed by atoms with van der Waals surface area (Å²) < 4.78 is 40.0. The molecule has 0 atom stereocenters. The predicted octanol–water partition coefficient (Wildman–Crippen LogP) is 4.55. The van der Waals surface area contributed by atoms with Crippen molar-refractivity contribution in [3.05, 3.63) is 77.5 Å². The number of carbonyl (C=O) groups excluding carboxylic acids is 1. The SMILES string of the molecule is CN(C)C(=O)c1ccc(Nc2ncc(C(F)(F)F)c(NCc3ccccc3)n2)cc1. The Morgan fingerprint density at radius 1 is 1.03 bits per heavy atom. The number of hydrogen-bond donors (Lipinski definition) is 2. The van der Waals surface area contributed by atoms with E-state index in [0.717, 1.165) is 11.8 Å². The van der Waals surface area contributed by atoms with Crippen LogP contribution < -0.4 is 10.6 Å². The van der Waals surface area contributed by atoms with Gasteiger partial charge in [-0.1, -0.05) is 30.3 Å². The highest BCUT2D eigenvalue weighted by Gasteiger charge is 2.35. The van der Waals surface area contributed by atoms with Crippen molar-refractivity contribution >= 4 is 23.4 Å². The minimum Gasteiger partial charge on any atom is -0.365 e. The van der Waals surface area contributed by atoms with Crippen LogP contribution in [0, 0.1) is 0 Å². The van der Waals surface area contributed by atoms with Crippen LogP contribution in [0.25, 0.3) is 0 Å². The Kier molecular flexibility index (Phi) is 6.20. The topological polar surface area (TPSA) is 70.2 Å². The number of nitrogens with zero attached hydrogens (tertiary/aromatic N) is 3. The first kappa shape index (κ1) is 21.1.